The van der Waals surface area contributed by atoms with Crippen LogP contribution in [0.4, 0.5) is 0 Å². The Balaban J connectivity index is 1.22. The van der Waals surface area contributed by atoms with Crippen molar-refractivity contribution in [3.05, 3.63) is 112 Å². The lowest BCUT2D eigenvalue weighted by Crippen LogP contribution is -2.21. The number of para-hydroxylation sites is 2. The third-order valence-corrected chi connectivity index (χ3v) is 7.36. The molecule has 0 aliphatic heterocycles. The van der Waals surface area contributed by atoms with Gasteiger partial charge in [-0.25, -0.2) is 9.97 Å². The van der Waals surface area contributed by atoms with Gasteiger partial charge in [0.2, 0.25) is 0 Å². The fraction of sp³-hybridized carbons (Fsp3) is 0.300. The topological polar surface area (TPSA) is 108 Å². The van der Waals surface area contributed by atoms with Crippen LogP contribution in [0.2, 0.25) is 0 Å². The molecule has 3 aromatic heterocycles. The summed E-state index contributed by atoms with van der Waals surface area (Å²) < 4.78 is 0. The van der Waals surface area contributed by atoms with Crippen molar-refractivity contribution in [3.8, 4) is 0 Å². The van der Waals surface area contributed by atoms with Gasteiger partial charge in [-0.3, -0.25) is 4.98 Å². The molecule has 3 heterocycles. The van der Waals surface area contributed by atoms with E-state index in [0.717, 1.165) is 84.8 Å². The summed E-state index contributed by atoms with van der Waals surface area (Å²) in [6.45, 7) is 3.60. The average molecular weight is 492 g/mol. The molecule has 0 amide bonds. The van der Waals surface area contributed by atoms with Crippen molar-refractivity contribution in [2.75, 3.05) is 0 Å². The van der Waals surface area contributed by atoms with Crippen LogP contribution in [-0.2, 0) is 32.4 Å². The minimum absolute atomic E-state index is 0.0226. The second-order valence-electron chi connectivity index (χ2n) is 10.1. The average Bonchev–Trinajstić information content (AvgIpc) is 3.51. The van der Waals surface area contributed by atoms with Gasteiger partial charge in [0.25, 0.3) is 0 Å². The predicted molar refractivity (Wildman–Crippen MR) is 146 cm³/mol. The highest BCUT2D eigenvalue weighted by molar-refractivity contribution is 5.74. The van der Waals surface area contributed by atoms with E-state index < -0.39 is 0 Å². The summed E-state index contributed by atoms with van der Waals surface area (Å²) in [5.74, 6) is 0.970. The first kappa shape index (κ1) is 23.6. The van der Waals surface area contributed by atoms with Gasteiger partial charge in [-0.05, 0) is 60.6 Å². The van der Waals surface area contributed by atoms with Gasteiger partial charge < -0.3 is 21.0 Å². The zero-order chi connectivity index (χ0) is 25.2. The first-order valence-corrected chi connectivity index (χ1v) is 13.1. The maximum absolute atomic E-state index is 6.48. The second-order valence-corrected chi connectivity index (χ2v) is 10.1. The van der Waals surface area contributed by atoms with Gasteiger partial charge in [0.15, 0.2) is 0 Å². The van der Waals surface area contributed by atoms with E-state index in [1.54, 1.807) is 6.33 Å². The number of nitrogens with one attached hydrogen (secondary N) is 3. The highest BCUT2D eigenvalue weighted by Gasteiger charge is 2.21. The van der Waals surface area contributed by atoms with Crippen LogP contribution in [-0.4, -0.2) is 24.9 Å². The van der Waals surface area contributed by atoms with E-state index in [9.17, 15) is 0 Å². The molecule has 1 atom stereocenters. The molecule has 0 bridgehead atoms. The molecule has 2 aromatic carbocycles. The molecule has 188 valence electrons. The van der Waals surface area contributed by atoms with E-state index in [1.807, 2.05) is 25.1 Å². The van der Waals surface area contributed by atoms with E-state index in [1.165, 1.54) is 22.3 Å². The van der Waals surface area contributed by atoms with Crippen molar-refractivity contribution in [2.24, 2.45) is 5.73 Å². The predicted octanol–water partition coefficient (Wildman–Crippen LogP) is 4.80. The monoisotopic (exact) mass is 491 g/mol. The van der Waals surface area contributed by atoms with E-state index in [2.05, 4.69) is 56.7 Å². The summed E-state index contributed by atoms with van der Waals surface area (Å²) in [4.78, 5) is 21.0. The molecule has 1 unspecified atom stereocenters. The number of rotatable bonds is 8. The number of aryl methyl sites for hydroxylation is 2. The molecule has 37 heavy (non-hydrogen) atoms. The molecule has 5 aromatic rings. The molecule has 0 radical (unpaired) electrons. The lowest BCUT2D eigenvalue weighted by molar-refractivity contribution is 0.550. The van der Waals surface area contributed by atoms with Crippen LogP contribution >= 0.6 is 0 Å². The van der Waals surface area contributed by atoms with Crippen LogP contribution in [0.3, 0.4) is 0 Å². The Morgan fingerprint density at radius 1 is 0.973 bits per heavy atom. The number of pyridine rings is 1. The SMILES string of the molecule is Cc1[nH]cnc1CNCc1ccc(Cc2nc3c(cc2Cc2nc4ccccc4[nH]2)CCCC3N)cc1. The minimum Gasteiger partial charge on any atom is -0.348 e. The maximum Gasteiger partial charge on any atom is 0.111 e. The van der Waals surface area contributed by atoms with Crippen LogP contribution < -0.4 is 11.1 Å². The highest BCUT2D eigenvalue weighted by atomic mass is 14.9. The minimum atomic E-state index is 0.0226. The fourth-order valence-electron chi connectivity index (χ4n) is 5.26. The summed E-state index contributed by atoms with van der Waals surface area (Å²) in [5, 5.41) is 3.48. The van der Waals surface area contributed by atoms with Crippen LogP contribution in [0.1, 0.15) is 69.7 Å². The first-order valence-electron chi connectivity index (χ1n) is 13.1. The summed E-state index contributed by atoms with van der Waals surface area (Å²) in [7, 11) is 0. The normalized spacial score (nSPS) is 15.2. The Labute approximate surface area is 217 Å². The standard InChI is InChI=1S/C30H33N7/c1-19-28(34-18-33-19)17-32-16-21-11-9-20(10-12-21)13-27-23(14-22-5-4-6-24(31)30(22)37-27)15-29-35-25-7-2-3-8-26(25)36-29/h2-3,7-12,14,18,24,32H,4-6,13,15-17,31H2,1H3,(H,33,34)(H,35,36). The Bertz CT molecular complexity index is 1480. The molecule has 0 spiro atoms. The van der Waals surface area contributed by atoms with Crippen LogP contribution in [0.5, 0.6) is 0 Å². The number of benzene rings is 2. The Hall–Kier alpha value is -3.81. The molecule has 6 rings (SSSR count). The fourth-order valence-corrected chi connectivity index (χ4v) is 5.26. The number of nitrogens with zero attached hydrogens (tertiary/aromatic N) is 3. The van der Waals surface area contributed by atoms with Crippen molar-refractivity contribution in [3.63, 3.8) is 0 Å². The van der Waals surface area contributed by atoms with Gasteiger partial charge in [-0.1, -0.05) is 42.5 Å². The molecule has 1 aliphatic carbocycles. The first-order chi connectivity index (χ1) is 18.1. The lowest BCUT2D eigenvalue weighted by atomic mass is 9.89. The molecule has 7 heteroatoms. The van der Waals surface area contributed by atoms with Crippen molar-refractivity contribution >= 4 is 11.0 Å². The highest BCUT2D eigenvalue weighted by Crippen LogP contribution is 2.30. The van der Waals surface area contributed by atoms with Gasteiger partial charge in [0, 0.05) is 43.4 Å². The Morgan fingerprint density at radius 3 is 2.62 bits per heavy atom. The lowest BCUT2D eigenvalue weighted by Gasteiger charge is -2.23. The van der Waals surface area contributed by atoms with Gasteiger partial charge in [0.05, 0.1) is 28.7 Å². The molecule has 0 fully saturated rings. The number of hydrogen-bond donors (Lipinski definition) is 4. The van der Waals surface area contributed by atoms with Gasteiger partial charge in [0.1, 0.15) is 5.82 Å². The third-order valence-electron chi connectivity index (χ3n) is 7.36. The summed E-state index contributed by atoms with van der Waals surface area (Å²) in [6.07, 6.45) is 6.41. The third kappa shape index (κ3) is 5.19. The van der Waals surface area contributed by atoms with Crippen LogP contribution in [0.15, 0.2) is 60.9 Å². The number of fused-ring (bicyclic) bond motifs is 2. The molecule has 1 aliphatic rings. The second kappa shape index (κ2) is 10.3. The number of nitrogens with two attached hydrogens (primary N) is 1. The molecule has 5 N–H and O–H groups in total. The van der Waals surface area contributed by atoms with Gasteiger partial charge >= 0.3 is 0 Å². The van der Waals surface area contributed by atoms with Crippen LogP contribution in [0, 0.1) is 6.92 Å². The Kier molecular flexibility index (Phi) is 6.55. The van der Waals surface area contributed by atoms with Crippen molar-refractivity contribution in [2.45, 2.75) is 58.2 Å². The number of imidazole rings is 2. The van der Waals surface area contributed by atoms with Gasteiger partial charge in [-0.2, -0.15) is 0 Å². The quantitative estimate of drug-likeness (QED) is 0.249. The number of hydrogen-bond acceptors (Lipinski definition) is 5. The van der Waals surface area contributed by atoms with E-state index in [0.29, 0.717) is 0 Å². The van der Waals surface area contributed by atoms with Crippen molar-refractivity contribution in [1.82, 2.24) is 30.2 Å². The van der Waals surface area contributed by atoms with E-state index in [4.69, 9.17) is 15.7 Å². The molecule has 0 saturated heterocycles. The zero-order valence-electron chi connectivity index (χ0n) is 21.2. The molecular weight excluding hydrogens is 458 g/mol. The number of aromatic amines is 2. The zero-order valence-corrected chi connectivity index (χ0v) is 21.2. The summed E-state index contributed by atoms with van der Waals surface area (Å²) in [5.41, 5.74) is 17.9. The molecule has 0 saturated carbocycles. The maximum atomic E-state index is 6.48. The van der Waals surface area contributed by atoms with Crippen LogP contribution in [0.25, 0.3) is 11.0 Å². The van der Waals surface area contributed by atoms with Gasteiger partial charge in [-0.15, -0.1) is 0 Å². The number of H-pyrrole nitrogens is 2. The van der Waals surface area contributed by atoms with Crippen molar-refractivity contribution < 1.29 is 0 Å². The van der Waals surface area contributed by atoms with Crippen molar-refractivity contribution in [1.29, 1.82) is 0 Å². The van der Waals surface area contributed by atoms with E-state index in [-0.39, 0.29) is 6.04 Å². The molecular formula is C30H33N7. The van der Waals surface area contributed by atoms with E-state index >= 15 is 0 Å². The smallest absolute Gasteiger partial charge is 0.111 e. The number of aromatic nitrogens is 5. The summed E-state index contributed by atoms with van der Waals surface area (Å²) >= 11 is 0. The Morgan fingerprint density at radius 2 is 1.81 bits per heavy atom. The molecule has 7 nitrogen and oxygen atoms in total. The summed E-state index contributed by atoms with van der Waals surface area (Å²) in [6, 6.07) is 19.4. The largest absolute Gasteiger partial charge is 0.348 e.